The summed E-state index contributed by atoms with van der Waals surface area (Å²) in [6, 6.07) is 7.96. The van der Waals surface area contributed by atoms with Gasteiger partial charge in [0.2, 0.25) is 0 Å². The van der Waals surface area contributed by atoms with Gasteiger partial charge in [-0.05, 0) is 33.6 Å². The van der Waals surface area contributed by atoms with Crippen LogP contribution in [0, 0.1) is 0 Å². The summed E-state index contributed by atoms with van der Waals surface area (Å²) in [4.78, 5) is 11.3. The minimum absolute atomic E-state index is 0.245. The van der Waals surface area contributed by atoms with Crippen molar-refractivity contribution < 1.29 is 0 Å². The van der Waals surface area contributed by atoms with E-state index in [0.29, 0.717) is 16.7 Å². The summed E-state index contributed by atoms with van der Waals surface area (Å²) in [5, 5.41) is 9.23. The van der Waals surface area contributed by atoms with E-state index in [4.69, 9.17) is 0 Å². The highest BCUT2D eigenvalue weighted by molar-refractivity contribution is 9.10. The Bertz CT molecular complexity index is 566. The van der Waals surface area contributed by atoms with Crippen molar-refractivity contribution in [1.29, 1.82) is 0 Å². The molecule has 4 nitrogen and oxygen atoms in total. The Hall–Kier alpha value is -1.14. The lowest BCUT2D eigenvalue weighted by molar-refractivity contribution is 0.971. The molecule has 0 aliphatic carbocycles. The zero-order valence-electron chi connectivity index (χ0n) is 8.71. The summed E-state index contributed by atoms with van der Waals surface area (Å²) in [6.45, 7) is 0.636. The summed E-state index contributed by atoms with van der Waals surface area (Å²) in [7, 11) is 0. The van der Waals surface area contributed by atoms with Crippen molar-refractivity contribution in [3.05, 3.63) is 55.3 Å². The molecule has 1 aromatic carbocycles. The molecule has 88 valence electrons. The molecule has 0 spiro atoms. The molecule has 2 aromatic rings. The predicted octanol–water partition coefficient (Wildman–Crippen LogP) is 2.91. The number of aromatic nitrogens is 2. The SMILES string of the molecule is O=c1[nH]ncc(NCc2ccc(Br)cc2)c1Br. The van der Waals surface area contributed by atoms with Gasteiger partial charge in [-0.15, -0.1) is 0 Å². The van der Waals surface area contributed by atoms with Crippen LogP contribution in [0.2, 0.25) is 0 Å². The van der Waals surface area contributed by atoms with Crippen LogP contribution in [-0.4, -0.2) is 10.2 Å². The highest BCUT2D eigenvalue weighted by Crippen LogP contribution is 2.17. The smallest absolute Gasteiger partial charge is 0.280 e. The molecule has 17 heavy (non-hydrogen) atoms. The van der Waals surface area contributed by atoms with Crippen molar-refractivity contribution in [3.8, 4) is 0 Å². The normalized spacial score (nSPS) is 10.2. The highest BCUT2D eigenvalue weighted by atomic mass is 79.9. The number of benzene rings is 1. The van der Waals surface area contributed by atoms with Crippen molar-refractivity contribution in [2.75, 3.05) is 5.32 Å². The standard InChI is InChI=1S/C11H9Br2N3O/c12-8-3-1-7(2-4-8)5-14-9-6-15-16-11(17)10(9)13/h1-4,6H,5H2,(H2,14,16,17). The van der Waals surface area contributed by atoms with E-state index in [1.54, 1.807) is 6.20 Å². The number of nitrogens with one attached hydrogen (secondary N) is 2. The van der Waals surface area contributed by atoms with Gasteiger partial charge in [-0.2, -0.15) is 5.10 Å². The fourth-order valence-corrected chi connectivity index (χ4v) is 1.90. The first-order valence-electron chi connectivity index (χ1n) is 4.88. The predicted molar refractivity (Wildman–Crippen MR) is 74.0 cm³/mol. The monoisotopic (exact) mass is 357 g/mol. The summed E-state index contributed by atoms with van der Waals surface area (Å²) < 4.78 is 1.50. The molecular formula is C11H9Br2N3O. The molecule has 2 N–H and O–H groups in total. The summed E-state index contributed by atoms with van der Waals surface area (Å²) >= 11 is 6.59. The number of nitrogens with zero attached hydrogens (tertiary/aromatic N) is 1. The second-order valence-electron chi connectivity index (χ2n) is 3.41. The third-order valence-corrected chi connectivity index (χ3v) is 3.51. The number of rotatable bonds is 3. The quantitative estimate of drug-likeness (QED) is 0.886. The third-order valence-electron chi connectivity index (χ3n) is 2.19. The maximum Gasteiger partial charge on any atom is 0.280 e. The fraction of sp³-hybridized carbons (Fsp3) is 0.0909. The topological polar surface area (TPSA) is 57.8 Å². The van der Waals surface area contributed by atoms with Crippen molar-refractivity contribution in [1.82, 2.24) is 10.2 Å². The van der Waals surface area contributed by atoms with E-state index in [1.807, 2.05) is 24.3 Å². The third kappa shape index (κ3) is 3.17. The first kappa shape index (κ1) is 12.3. The number of hydrogen-bond donors (Lipinski definition) is 2. The van der Waals surface area contributed by atoms with Gasteiger partial charge < -0.3 is 5.32 Å². The van der Waals surface area contributed by atoms with E-state index in [0.717, 1.165) is 10.0 Å². The second-order valence-corrected chi connectivity index (χ2v) is 5.12. The van der Waals surface area contributed by atoms with E-state index < -0.39 is 0 Å². The molecule has 0 atom stereocenters. The van der Waals surface area contributed by atoms with Gasteiger partial charge in [0.1, 0.15) is 4.47 Å². The van der Waals surface area contributed by atoms with Crippen molar-refractivity contribution in [2.24, 2.45) is 0 Å². The molecule has 0 fully saturated rings. The van der Waals surface area contributed by atoms with Gasteiger partial charge in [-0.25, -0.2) is 5.10 Å². The Morgan fingerprint density at radius 2 is 1.94 bits per heavy atom. The molecule has 0 unspecified atom stereocenters. The lowest BCUT2D eigenvalue weighted by Gasteiger charge is -2.07. The highest BCUT2D eigenvalue weighted by Gasteiger charge is 2.03. The second kappa shape index (κ2) is 5.46. The summed E-state index contributed by atoms with van der Waals surface area (Å²) in [5.41, 5.74) is 1.56. The molecule has 1 aromatic heterocycles. The fourth-order valence-electron chi connectivity index (χ4n) is 1.31. The van der Waals surface area contributed by atoms with Crippen LogP contribution in [0.5, 0.6) is 0 Å². The number of anilines is 1. The minimum Gasteiger partial charge on any atom is -0.379 e. The van der Waals surface area contributed by atoms with E-state index >= 15 is 0 Å². The molecular weight excluding hydrogens is 350 g/mol. The van der Waals surface area contributed by atoms with Crippen molar-refractivity contribution >= 4 is 37.5 Å². The van der Waals surface area contributed by atoms with Crippen LogP contribution in [0.25, 0.3) is 0 Å². The van der Waals surface area contributed by atoms with E-state index in [1.165, 1.54) is 0 Å². The van der Waals surface area contributed by atoms with Crippen LogP contribution in [0.1, 0.15) is 5.56 Å². The van der Waals surface area contributed by atoms with Crippen LogP contribution in [-0.2, 0) is 6.54 Å². The van der Waals surface area contributed by atoms with Crippen LogP contribution in [0.15, 0.2) is 44.2 Å². The zero-order valence-corrected chi connectivity index (χ0v) is 11.9. The van der Waals surface area contributed by atoms with Gasteiger partial charge >= 0.3 is 0 Å². The lowest BCUT2D eigenvalue weighted by Crippen LogP contribution is -2.12. The Labute approximate surface area is 115 Å². The van der Waals surface area contributed by atoms with Gasteiger partial charge in [-0.1, -0.05) is 28.1 Å². The Morgan fingerprint density at radius 3 is 2.65 bits per heavy atom. The molecule has 0 aliphatic heterocycles. The van der Waals surface area contributed by atoms with Gasteiger partial charge in [-0.3, -0.25) is 4.79 Å². The molecule has 0 amide bonds. The summed E-state index contributed by atoms with van der Waals surface area (Å²) in [6.07, 6.45) is 1.57. The molecule has 2 rings (SSSR count). The number of halogens is 2. The molecule has 0 bridgehead atoms. The lowest BCUT2D eigenvalue weighted by atomic mass is 10.2. The van der Waals surface area contributed by atoms with Gasteiger partial charge in [0.25, 0.3) is 5.56 Å². The first-order valence-corrected chi connectivity index (χ1v) is 6.47. The van der Waals surface area contributed by atoms with Crippen LogP contribution >= 0.6 is 31.9 Å². The maximum absolute atomic E-state index is 11.3. The largest absolute Gasteiger partial charge is 0.379 e. The Kier molecular flexibility index (Phi) is 3.96. The van der Waals surface area contributed by atoms with E-state index in [2.05, 4.69) is 47.4 Å². The van der Waals surface area contributed by atoms with Crippen molar-refractivity contribution in [2.45, 2.75) is 6.54 Å². The molecule has 6 heteroatoms. The Balaban J connectivity index is 2.10. The minimum atomic E-state index is -0.245. The van der Waals surface area contributed by atoms with Gasteiger partial charge in [0, 0.05) is 11.0 Å². The molecule has 1 heterocycles. The Morgan fingerprint density at radius 1 is 1.24 bits per heavy atom. The molecule has 0 saturated carbocycles. The summed E-state index contributed by atoms with van der Waals surface area (Å²) in [5.74, 6) is 0. The molecule has 0 saturated heterocycles. The number of H-pyrrole nitrogens is 1. The van der Waals surface area contributed by atoms with Gasteiger partial charge in [0.15, 0.2) is 0 Å². The maximum atomic E-state index is 11.3. The average molecular weight is 359 g/mol. The first-order chi connectivity index (χ1) is 8.16. The van der Waals surface area contributed by atoms with Gasteiger partial charge in [0.05, 0.1) is 11.9 Å². The molecule has 0 aliphatic rings. The van der Waals surface area contributed by atoms with Crippen LogP contribution in [0.4, 0.5) is 5.69 Å². The van der Waals surface area contributed by atoms with Crippen LogP contribution < -0.4 is 10.9 Å². The van der Waals surface area contributed by atoms with Crippen molar-refractivity contribution in [3.63, 3.8) is 0 Å². The zero-order chi connectivity index (χ0) is 12.3. The van der Waals surface area contributed by atoms with Crippen LogP contribution in [0.3, 0.4) is 0 Å². The van der Waals surface area contributed by atoms with E-state index in [9.17, 15) is 4.79 Å². The average Bonchev–Trinajstić information content (AvgIpc) is 2.33. The van der Waals surface area contributed by atoms with E-state index in [-0.39, 0.29) is 5.56 Å². The number of aromatic amines is 1. The number of hydrogen-bond acceptors (Lipinski definition) is 3. The molecule has 0 radical (unpaired) electrons.